The molecule has 0 saturated carbocycles. The van der Waals surface area contributed by atoms with E-state index in [2.05, 4.69) is 14.7 Å². The van der Waals surface area contributed by atoms with Crippen molar-refractivity contribution in [3.8, 4) is 0 Å². The van der Waals surface area contributed by atoms with Gasteiger partial charge in [0.15, 0.2) is 0 Å². The highest BCUT2D eigenvalue weighted by atomic mass is 19.4. The molecule has 0 unspecified atom stereocenters. The lowest BCUT2D eigenvalue weighted by molar-refractivity contribution is -0.146. The molecule has 0 atom stereocenters. The van der Waals surface area contributed by atoms with Gasteiger partial charge in [-0.2, -0.15) is 18.2 Å². The van der Waals surface area contributed by atoms with E-state index >= 15 is 0 Å². The summed E-state index contributed by atoms with van der Waals surface area (Å²) in [6, 6.07) is 0. The third-order valence-corrected chi connectivity index (χ3v) is 1.06. The molecule has 1 N–H and O–H groups in total. The average Bonchev–Trinajstić information content (AvgIpc) is 2.47. The second-order valence-electron chi connectivity index (χ2n) is 2.13. The number of halogens is 3. The molecule has 0 amide bonds. The number of rotatable bonds is 2. The van der Waals surface area contributed by atoms with Crippen LogP contribution in [0.15, 0.2) is 10.6 Å². The van der Waals surface area contributed by atoms with Crippen LogP contribution in [0, 0.1) is 0 Å². The van der Waals surface area contributed by atoms with Gasteiger partial charge >= 0.3 is 12.1 Å². The van der Waals surface area contributed by atoms with Crippen molar-refractivity contribution in [3.05, 3.63) is 17.8 Å². The number of hydrogen-bond donors (Lipinski definition) is 1. The van der Waals surface area contributed by atoms with Crippen LogP contribution in [-0.2, 0) is 11.0 Å². The quantitative estimate of drug-likeness (QED) is 0.738. The van der Waals surface area contributed by atoms with Crippen molar-refractivity contribution < 1.29 is 27.6 Å². The van der Waals surface area contributed by atoms with E-state index in [-0.39, 0.29) is 0 Å². The summed E-state index contributed by atoms with van der Waals surface area (Å²) < 4.78 is 39.7. The zero-order chi connectivity index (χ0) is 10.8. The number of nitrogens with zero attached hydrogens (tertiary/aromatic N) is 2. The molecule has 0 spiro atoms. The smallest absolute Gasteiger partial charge is 0.455 e. The second-order valence-corrected chi connectivity index (χ2v) is 2.13. The second kappa shape index (κ2) is 3.48. The maximum atomic E-state index is 11.9. The van der Waals surface area contributed by atoms with Crippen molar-refractivity contribution in [1.82, 2.24) is 10.1 Å². The summed E-state index contributed by atoms with van der Waals surface area (Å²) in [6.45, 7) is 0. The van der Waals surface area contributed by atoms with E-state index in [1.165, 1.54) is 0 Å². The van der Waals surface area contributed by atoms with Gasteiger partial charge in [0.05, 0.1) is 0 Å². The van der Waals surface area contributed by atoms with Crippen molar-refractivity contribution in [2.24, 2.45) is 0 Å². The standard InChI is InChI=1S/C6H3F3N2O3/c7-6(8,9)5-10-3(14-11-5)1-2-4(12)13/h1-2H,(H,12,13). The molecule has 1 heterocycles. The molecule has 14 heavy (non-hydrogen) atoms. The third-order valence-electron chi connectivity index (χ3n) is 1.06. The molecule has 5 nitrogen and oxygen atoms in total. The Morgan fingerprint density at radius 3 is 2.57 bits per heavy atom. The van der Waals surface area contributed by atoms with Crippen LogP contribution in [0.5, 0.6) is 0 Å². The molecule has 0 aliphatic rings. The molecule has 0 aliphatic heterocycles. The number of aromatic nitrogens is 2. The molecule has 1 aromatic heterocycles. The van der Waals surface area contributed by atoms with Gasteiger partial charge in [0.1, 0.15) is 0 Å². The molecule has 0 aliphatic carbocycles. The van der Waals surface area contributed by atoms with Crippen molar-refractivity contribution in [2.45, 2.75) is 6.18 Å². The summed E-state index contributed by atoms with van der Waals surface area (Å²) in [5.74, 6) is -3.28. The van der Waals surface area contributed by atoms with E-state index in [4.69, 9.17) is 5.11 Å². The van der Waals surface area contributed by atoms with Gasteiger partial charge in [-0.15, -0.1) is 0 Å². The van der Waals surface area contributed by atoms with Crippen LogP contribution in [-0.4, -0.2) is 21.2 Å². The molecule has 0 saturated heterocycles. The first-order valence-corrected chi connectivity index (χ1v) is 3.21. The Balaban J connectivity index is 2.84. The monoisotopic (exact) mass is 208 g/mol. The number of alkyl halides is 3. The minimum absolute atomic E-state index is 0.514. The molecular formula is C6H3F3N2O3. The van der Waals surface area contributed by atoms with Gasteiger partial charge in [-0.25, -0.2) is 4.79 Å². The van der Waals surface area contributed by atoms with E-state index in [1.807, 2.05) is 0 Å². The summed E-state index contributed by atoms with van der Waals surface area (Å²) >= 11 is 0. The van der Waals surface area contributed by atoms with Gasteiger partial charge in [0, 0.05) is 12.2 Å². The van der Waals surface area contributed by atoms with Crippen molar-refractivity contribution in [1.29, 1.82) is 0 Å². The first-order valence-electron chi connectivity index (χ1n) is 3.21. The molecule has 0 fully saturated rings. The van der Waals surface area contributed by atoms with Crippen LogP contribution in [0.4, 0.5) is 13.2 Å². The highest BCUT2D eigenvalue weighted by Crippen LogP contribution is 2.26. The Kier molecular flexibility index (Phi) is 2.54. The van der Waals surface area contributed by atoms with Crippen LogP contribution in [0.1, 0.15) is 11.7 Å². The minimum atomic E-state index is -4.70. The molecule has 8 heteroatoms. The van der Waals surface area contributed by atoms with E-state index < -0.39 is 23.9 Å². The molecule has 76 valence electrons. The van der Waals surface area contributed by atoms with Crippen LogP contribution < -0.4 is 0 Å². The minimum Gasteiger partial charge on any atom is -0.478 e. The highest BCUT2D eigenvalue weighted by molar-refractivity contribution is 5.84. The summed E-state index contributed by atoms with van der Waals surface area (Å²) in [4.78, 5) is 12.9. The fourth-order valence-electron chi connectivity index (χ4n) is 0.561. The lowest BCUT2D eigenvalue weighted by Crippen LogP contribution is -2.07. The number of carbonyl (C=O) groups is 1. The average molecular weight is 208 g/mol. The highest BCUT2D eigenvalue weighted by Gasteiger charge is 2.36. The predicted octanol–water partition coefficient (Wildman–Crippen LogP) is 1.19. The third kappa shape index (κ3) is 2.57. The van der Waals surface area contributed by atoms with Crippen molar-refractivity contribution >= 4 is 12.0 Å². The predicted molar refractivity (Wildman–Crippen MR) is 36.0 cm³/mol. The topological polar surface area (TPSA) is 76.2 Å². The lowest BCUT2D eigenvalue weighted by atomic mass is 10.5. The molecule has 1 rings (SSSR count). The fraction of sp³-hybridized carbons (Fsp3) is 0.167. The molecule has 0 aromatic carbocycles. The van der Waals surface area contributed by atoms with Crippen LogP contribution >= 0.6 is 0 Å². The Morgan fingerprint density at radius 2 is 2.14 bits per heavy atom. The number of carboxylic acid groups (broad SMARTS) is 1. The van der Waals surface area contributed by atoms with Gasteiger partial charge < -0.3 is 9.63 Å². The molecule has 0 radical (unpaired) electrons. The number of hydrogen-bond acceptors (Lipinski definition) is 4. The summed E-state index contributed by atoms with van der Waals surface area (Å²) in [7, 11) is 0. The van der Waals surface area contributed by atoms with E-state index in [9.17, 15) is 18.0 Å². The van der Waals surface area contributed by atoms with Crippen molar-refractivity contribution in [2.75, 3.05) is 0 Å². The zero-order valence-corrected chi connectivity index (χ0v) is 6.45. The van der Waals surface area contributed by atoms with Crippen LogP contribution in [0.3, 0.4) is 0 Å². The zero-order valence-electron chi connectivity index (χ0n) is 6.45. The van der Waals surface area contributed by atoms with Gasteiger partial charge in [0.2, 0.25) is 0 Å². The number of carboxylic acids is 1. The summed E-state index contributed by atoms with van der Waals surface area (Å²) in [5.41, 5.74) is 0. The first kappa shape index (κ1) is 10.2. The van der Waals surface area contributed by atoms with Crippen LogP contribution in [0.25, 0.3) is 6.08 Å². The Morgan fingerprint density at radius 1 is 1.50 bits per heavy atom. The maximum absolute atomic E-state index is 11.9. The molecule has 1 aromatic rings. The van der Waals surface area contributed by atoms with Gasteiger partial charge in [0.25, 0.3) is 11.7 Å². The Hall–Kier alpha value is -1.86. The van der Waals surface area contributed by atoms with E-state index in [0.717, 1.165) is 6.08 Å². The maximum Gasteiger partial charge on any atom is 0.455 e. The SMILES string of the molecule is O=C(O)C=Cc1nc(C(F)(F)F)no1. The lowest BCUT2D eigenvalue weighted by Gasteiger charge is -1.95. The molecule has 0 bridgehead atoms. The van der Waals surface area contributed by atoms with Gasteiger partial charge in [-0.05, 0) is 0 Å². The summed E-state index contributed by atoms with van der Waals surface area (Å²) in [6.07, 6.45) is -3.34. The van der Waals surface area contributed by atoms with Gasteiger partial charge in [-0.3, -0.25) is 0 Å². The largest absolute Gasteiger partial charge is 0.478 e. The summed E-state index contributed by atoms with van der Waals surface area (Å²) in [5, 5.41) is 10.8. The van der Waals surface area contributed by atoms with Crippen molar-refractivity contribution in [3.63, 3.8) is 0 Å². The van der Waals surface area contributed by atoms with Crippen LogP contribution in [0.2, 0.25) is 0 Å². The van der Waals surface area contributed by atoms with E-state index in [1.54, 1.807) is 0 Å². The molecular weight excluding hydrogens is 205 g/mol. The van der Waals surface area contributed by atoms with E-state index in [0.29, 0.717) is 6.08 Å². The first-order chi connectivity index (χ1) is 6.39. The Labute approximate surface area is 74.8 Å². The number of aliphatic carboxylic acids is 1. The Bertz CT molecular complexity index is 369. The van der Waals surface area contributed by atoms with Gasteiger partial charge in [-0.1, -0.05) is 5.16 Å². The normalized spacial score (nSPS) is 12.2. The fourth-order valence-corrected chi connectivity index (χ4v) is 0.561.